The highest BCUT2D eigenvalue weighted by Gasteiger charge is 2.43. The molecule has 1 amide bonds. The van der Waals surface area contributed by atoms with Crippen LogP contribution in [0.1, 0.15) is 56.6 Å². The number of hydrogen-bond donors (Lipinski definition) is 1. The van der Waals surface area contributed by atoms with Crippen molar-refractivity contribution in [2.75, 3.05) is 19.6 Å². The van der Waals surface area contributed by atoms with E-state index >= 15 is 0 Å². The van der Waals surface area contributed by atoms with Gasteiger partial charge in [-0.1, -0.05) is 38.1 Å². The smallest absolute Gasteiger partial charge is 0.220 e. The van der Waals surface area contributed by atoms with Gasteiger partial charge in [0.15, 0.2) is 0 Å². The van der Waals surface area contributed by atoms with Crippen molar-refractivity contribution in [2.45, 2.75) is 57.6 Å². The van der Waals surface area contributed by atoms with E-state index < -0.39 is 0 Å². The Bertz CT molecular complexity index is 844. The van der Waals surface area contributed by atoms with Gasteiger partial charge in [-0.25, -0.2) is 0 Å². The SMILES string of the molecule is CC(C)CNC(=O)C[C@H]1CC2(CCN(Cc3cccnc3)CC2)Oc2ccccc21. The summed E-state index contributed by atoms with van der Waals surface area (Å²) in [7, 11) is 0. The van der Waals surface area contributed by atoms with Gasteiger partial charge < -0.3 is 10.1 Å². The van der Waals surface area contributed by atoms with Gasteiger partial charge in [0.1, 0.15) is 11.4 Å². The quantitative estimate of drug-likeness (QED) is 0.782. The zero-order chi connectivity index (χ0) is 21.0. The molecule has 2 aliphatic heterocycles. The predicted molar refractivity (Wildman–Crippen MR) is 118 cm³/mol. The number of pyridine rings is 1. The van der Waals surface area contributed by atoms with Crippen molar-refractivity contribution >= 4 is 5.91 Å². The molecule has 0 aliphatic carbocycles. The first-order valence-electron chi connectivity index (χ1n) is 11.2. The molecule has 1 N–H and O–H groups in total. The van der Waals surface area contributed by atoms with E-state index in [-0.39, 0.29) is 17.4 Å². The molecule has 5 nitrogen and oxygen atoms in total. The topological polar surface area (TPSA) is 54.5 Å². The number of nitrogens with one attached hydrogen (secondary N) is 1. The van der Waals surface area contributed by atoms with Crippen molar-refractivity contribution in [3.05, 3.63) is 59.9 Å². The third-order valence-electron chi connectivity index (χ3n) is 6.34. The minimum absolute atomic E-state index is 0.148. The minimum Gasteiger partial charge on any atom is -0.487 e. The zero-order valence-corrected chi connectivity index (χ0v) is 18.1. The van der Waals surface area contributed by atoms with Gasteiger partial charge in [0.05, 0.1) is 0 Å². The number of benzene rings is 1. The fraction of sp³-hybridized carbons (Fsp3) is 0.520. The number of aromatic nitrogens is 1. The molecule has 160 valence electrons. The molecule has 0 radical (unpaired) electrons. The summed E-state index contributed by atoms with van der Waals surface area (Å²) in [6.07, 6.45) is 7.20. The van der Waals surface area contributed by atoms with E-state index in [1.165, 1.54) is 11.1 Å². The molecule has 0 unspecified atom stereocenters. The number of carbonyl (C=O) groups excluding carboxylic acids is 1. The van der Waals surface area contributed by atoms with Crippen molar-refractivity contribution in [3.8, 4) is 5.75 Å². The molecule has 0 saturated carbocycles. The number of amides is 1. The van der Waals surface area contributed by atoms with Gasteiger partial charge in [-0.2, -0.15) is 0 Å². The first-order chi connectivity index (χ1) is 14.5. The third kappa shape index (κ3) is 5.01. The molecule has 1 aromatic carbocycles. The lowest BCUT2D eigenvalue weighted by Crippen LogP contribution is -2.50. The number of ether oxygens (including phenoxy) is 1. The first kappa shape index (κ1) is 20.9. The highest BCUT2D eigenvalue weighted by atomic mass is 16.5. The standard InChI is InChI=1S/C25H33N3O2/c1-19(2)16-27-24(29)14-21-15-25(30-23-8-4-3-7-22(21)23)9-12-28(13-10-25)18-20-6-5-11-26-17-20/h3-8,11,17,19,21H,9-10,12-16,18H2,1-2H3,(H,27,29)/t21-/m0/s1. The van der Waals surface area contributed by atoms with Crippen LogP contribution in [0.25, 0.3) is 0 Å². The third-order valence-corrected chi connectivity index (χ3v) is 6.34. The first-order valence-corrected chi connectivity index (χ1v) is 11.2. The average molecular weight is 408 g/mol. The highest BCUT2D eigenvalue weighted by molar-refractivity contribution is 5.77. The summed E-state index contributed by atoms with van der Waals surface area (Å²) in [5.74, 6) is 1.79. The Labute approximate surface area is 179 Å². The van der Waals surface area contributed by atoms with E-state index in [0.29, 0.717) is 12.3 Å². The van der Waals surface area contributed by atoms with Crippen LogP contribution in [0.15, 0.2) is 48.8 Å². The van der Waals surface area contributed by atoms with Crippen LogP contribution >= 0.6 is 0 Å². The molecule has 1 spiro atoms. The number of carbonyl (C=O) groups is 1. The summed E-state index contributed by atoms with van der Waals surface area (Å²) >= 11 is 0. The lowest BCUT2D eigenvalue weighted by atomic mass is 9.76. The number of rotatable bonds is 6. The van der Waals surface area contributed by atoms with Crippen molar-refractivity contribution in [3.63, 3.8) is 0 Å². The molecule has 1 saturated heterocycles. The summed E-state index contributed by atoms with van der Waals surface area (Å²) in [4.78, 5) is 19.3. The predicted octanol–water partition coefficient (Wildman–Crippen LogP) is 4.14. The second kappa shape index (κ2) is 9.17. The lowest BCUT2D eigenvalue weighted by Gasteiger charge is -2.47. The van der Waals surface area contributed by atoms with E-state index in [9.17, 15) is 4.79 Å². The monoisotopic (exact) mass is 407 g/mol. The average Bonchev–Trinajstić information content (AvgIpc) is 2.75. The van der Waals surface area contributed by atoms with E-state index in [4.69, 9.17) is 4.74 Å². The van der Waals surface area contributed by atoms with Crippen LogP contribution in [0.2, 0.25) is 0 Å². The number of piperidine rings is 1. The van der Waals surface area contributed by atoms with Crippen LogP contribution < -0.4 is 10.1 Å². The Hall–Kier alpha value is -2.40. The maximum absolute atomic E-state index is 12.6. The number of hydrogen-bond acceptors (Lipinski definition) is 4. The Morgan fingerprint density at radius 2 is 2.03 bits per heavy atom. The molecule has 2 aromatic rings. The highest BCUT2D eigenvalue weighted by Crippen LogP contribution is 2.46. The van der Waals surface area contributed by atoms with Crippen LogP contribution in [-0.4, -0.2) is 41.0 Å². The second-order valence-corrected chi connectivity index (χ2v) is 9.26. The van der Waals surface area contributed by atoms with Crippen molar-refractivity contribution < 1.29 is 9.53 Å². The van der Waals surface area contributed by atoms with Gasteiger partial charge in [0.25, 0.3) is 0 Å². The molecular formula is C25H33N3O2. The number of fused-ring (bicyclic) bond motifs is 1. The van der Waals surface area contributed by atoms with Crippen molar-refractivity contribution in [1.82, 2.24) is 15.2 Å². The summed E-state index contributed by atoms with van der Waals surface area (Å²) in [5.41, 5.74) is 2.27. The van der Waals surface area contributed by atoms with E-state index in [2.05, 4.69) is 53.3 Å². The van der Waals surface area contributed by atoms with E-state index in [0.717, 1.165) is 51.2 Å². The molecular weight excluding hydrogens is 374 g/mol. The summed E-state index contributed by atoms with van der Waals surface area (Å²) in [6.45, 7) is 7.92. The Balaban J connectivity index is 1.43. The van der Waals surface area contributed by atoms with Gasteiger partial charge in [0.2, 0.25) is 5.91 Å². The van der Waals surface area contributed by atoms with Crippen molar-refractivity contribution in [2.24, 2.45) is 5.92 Å². The molecule has 1 atom stereocenters. The molecule has 3 heterocycles. The molecule has 5 heteroatoms. The molecule has 0 bridgehead atoms. The normalized spacial score (nSPS) is 20.6. The van der Waals surface area contributed by atoms with Gasteiger partial charge in [-0.3, -0.25) is 14.7 Å². The lowest BCUT2D eigenvalue weighted by molar-refractivity contribution is -0.122. The molecule has 1 aromatic heterocycles. The van der Waals surface area contributed by atoms with E-state index in [1.807, 2.05) is 24.5 Å². The van der Waals surface area contributed by atoms with E-state index in [1.54, 1.807) is 0 Å². The van der Waals surface area contributed by atoms with Crippen molar-refractivity contribution in [1.29, 1.82) is 0 Å². The number of para-hydroxylation sites is 1. The van der Waals surface area contributed by atoms with Crippen LogP contribution in [-0.2, 0) is 11.3 Å². The van der Waals surface area contributed by atoms with Gasteiger partial charge in [0, 0.05) is 50.9 Å². The minimum atomic E-state index is -0.164. The summed E-state index contributed by atoms with van der Waals surface area (Å²) in [5, 5.41) is 3.09. The van der Waals surface area contributed by atoms with Crippen LogP contribution in [0.3, 0.4) is 0 Å². The Morgan fingerprint density at radius 3 is 2.77 bits per heavy atom. The van der Waals surface area contributed by atoms with Gasteiger partial charge in [-0.15, -0.1) is 0 Å². The van der Waals surface area contributed by atoms with Gasteiger partial charge >= 0.3 is 0 Å². The second-order valence-electron chi connectivity index (χ2n) is 9.26. The van der Waals surface area contributed by atoms with Gasteiger partial charge in [-0.05, 0) is 48.4 Å². The van der Waals surface area contributed by atoms with Crippen LogP contribution in [0.4, 0.5) is 0 Å². The molecule has 30 heavy (non-hydrogen) atoms. The Kier molecular flexibility index (Phi) is 6.38. The molecule has 4 rings (SSSR count). The van der Waals surface area contributed by atoms with Crippen LogP contribution in [0, 0.1) is 5.92 Å². The molecule has 2 aliphatic rings. The summed E-state index contributed by atoms with van der Waals surface area (Å²) < 4.78 is 6.60. The Morgan fingerprint density at radius 1 is 1.23 bits per heavy atom. The zero-order valence-electron chi connectivity index (χ0n) is 18.1. The largest absolute Gasteiger partial charge is 0.487 e. The van der Waals surface area contributed by atoms with Crippen LogP contribution in [0.5, 0.6) is 5.75 Å². The maximum Gasteiger partial charge on any atom is 0.220 e. The molecule has 1 fully saturated rings. The number of likely N-dealkylation sites (tertiary alicyclic amines) is 1. The summed E-state index contributed by atoms with van der Waals surface area (Å²) in [6, 6.07) is 12.4. The fourth-order valence-corrected chi connectivity index (χ4v) is 4.72. The number of nitrogens with zero attached hydrogens (tertiary/aromatic N) is 2. The maximum atomic E-state index is 12.6. The fourth-order valence-electron chi connectivity index (χ4n) is 4.72.